The fourth-order valence-electron chi connectivity index (χ4n) is 2.82. The van der Waals surface area contributed by atoms with Crippen LogP contribution in [0.1, 0.15) is 11.3 Å². The van der Waals surface area contributed by atoms with Crippen molar-refractivity contribution < 1.29 is 4.74 Å². The van der Waals surface area contributed by atoms with E-state index in [9.17, 15) is 4.79 Å². The van der Waals surface area contributed by atoms with Crippen molar-refractivity contribution in [2.24, 2.45) is 0 Å². The molecule has 0 saturated carbocycles. The van der Waals surface area contributed by atoms with E-state index in [1.807, 2.05) is 42.5 Å². The lowest BCUT2D eigenvalue weighted by atomic mass is 10.0. The number of fused-ring (bicyclic) bond motifs is 1. The first-order valence-corrected chi connectivity index (χ1v) is 8.44. The standard InChI is InChI=1S/C22H15N3O2/c23-14-16-4-6-17(7-5-16)18-8-10-20(11-9-18)27-15-19-13-22(26)25-12-2-1-3-21(25)24-19/h1-13H,15H2. The fourth-order valence-corrected chi connectivity index (χ4v) is 2.82. The van der Waals surface area contributed by atoms with Crippen molar-refractivity contribution in [1.82, 2.24) is 9.38 Å². The van der Waals surface area contributed by atoms with Gasteiger partial charge in [0.05, 0.1) is 17.3 Å². The van der Waals surface area contributed by atoms with Crippen molar-refractivity contribution >= 4 is 5.65 Å². The minimum absolute atomic E-state index is 0.129. The van der Waals surface area contributed by atoms with Crippen molar-refractivity contribution in [1.29, 1.82) is 5.26 Å². The summed E-state index contributed by atoms with van der Waals surface area (Å²) in [6.07, 6.45) is 1.69. The number of nitriles is 1. The molecule has 4 aromatic rings. The summed E-state index contributed by atoms with van der Waals surface area (Å²) in [6, 6.07) is 24.1. The molecule has 2 aromatic heterocycles. The van der Waals surface area contributed by atoms with Crippen LogP contribution in [0, 0.1) is 11.3 Å². The van der Waals surface area contributed by atoms with Gasteiger partial charge in [-0.15, -0.1) is 0 Å². The lowest BCUT2D eigenvalue weighted by Crippen LogP contribution is -2.16. The van der Waals surface area contributed by atoms with Gasteiger partial charge in [0.1, 0.15) is 18.0 Å². The van der Waals surface area contributed by atoms with Gasteiger partial charge in [0.25, 0.3) is 5.56 Å². The van der Waals surface area contributed by atoms with E-state index in [0.29, 0.717) is 22.7 Å². The molecule has 0 unspecified atom stereocenters. The molecule has 0 aliphatic carbocycles. The highest BCUT2D eigenvalue weighted by Gasteiger charge is 2.04. The average Bonchev–Trinajstić information content (AvgIpc) is 2.73. The molecule has 130 valence electrons. The molecule has 0 bridgehead atoms. The molecule has 0 fully saturated rings. The number of nitrogens with zero attached hydrogens (tertiary/aromatic N) is 3. The zero-order valence-corrected chi connectivity index (χ0v) is 14.4. The van der Waals surface area contributed by atoms with Crippen molar-refractivity contribution in [3.8, 4) is 22.9 Å². The Hall–Kier alpha value is -3.91. The van der Waals surface area contributed by atoms with E-state index >= 15 is 0 Å². The van der Waals surface area contributed by atoms with E-state index in [1.54, 1.807) is 30.5 Å². The molecule has 0 radical (unpaired) electrons. The van der Waals surface area contributed by atoms with Crippen molar-refractivity contribution in [2.75, 3.05) is 0 Å². The molecule has 2 aromatic carbocycles. The topological polar surface area (TPSA) is 67.4 Å². The van der Waals surface area contributed by atoms with E-state index < -0.39 is 0 Å². The number of benzene rings is 2. The van der Waals surface area contributed by atoms with Crippen LogP contribution in [0.4, 0.5) is 0 Å². The third-order valence-corrected chi connectivity index (χ3v) is 4.21. The van der Waals surface area contributed by atoms with Gasteiger partial charge in [0.15, 0.2) is 0 Å². The SMILES string of the molecule is N#Cc1ccc(-c2ccc(OCc3cc(=O)n4ccccc4n3)cc2)cc1. The van der Waals surface area contributed by atoms with Gasteiger partial charge in [-0.25, -0.2) is 4.98 Å². The van der Waals surface area contributed by atoms with E-state index in [4.69, 9.17) is 10.00 Å². The van der Waals surface area contributed by atoms with Crippen LogP contribution < -0.4 is 10.3 Å². The molecule has 0 aliphatic heterocycles. The van der Waals surface area contributed by atoms with Crippen LogP contribution in [0.3, 0.4) is 0 Å². The molecule has 0 aliphatic rings. The number of aromatic nitrogens is 2. The summed E-state index contributed by atoms with van der Waals surface area (Å²) in [4.78, 5) is 16.5. The lowest BCUT2D eigenvalue weighted by molar-refractivity contribution is 0.301. The largest absolute Gasteiger partial charge is 0.487 e. The maximum absolute atomic E-state index is 12.1. The molecule has 0 atom stereocenters. The van der Waals surface area contributed by atoms with Gasteiger partial charge >= 0.3 is 0 Å². The lowest BCUT2D eigenvalue weighted by Gasteiger charge is -2.08. The van der Waals surface area contributed by atoms with Gasteiger partial charge in [-0.3, -0.25) is 9.20 Å². The Labute approximate surface area is 155 Å². The van der Waals surface area contributed by atoms with Gasteiger partial charge in [0, 0.05) is 12.3 Å². The maximum atomic E-state index is 12.1. The van der Waals surface area contributed by atoms with Gasteiger partial charge in [-0.1, -0.05) is 30.3 Å². The second-order valence-corrected chi connectivity index (χ2v) is 6.02. The second-order valence-electron chi connectivity index (χ2n) is 6.02. The zero-order chi connectivity index (χ0) is 18.6. The van der Waals surface area contributed by atoms with Crippen molar-refractivity contribution in [3.05, 3.63) is 101 Å². The third-order valence-electron chi connectivity index (χ3n) is 4.21. The second kappa shape index (κ2) is 7.14. The summed E-state index contributed by atoms with van der Waals surface area (Å²) in [5, 5.41) is 8.87. The van der Waals surface area contributed by atoms with E-state index in [1.165, 1.54) is 10.5 Å². The number of pyridine rings is 1. The zero-order valence-electron chi connectivity index (χ0n) is 14.4. The van der Waals surface area contributed by atoms with Gasteiger partial charge < -0.3 is 4.74 Å². The van der Waals surface area contributed by atoms with Gasteiger partial charge in [-0.2, -0.15) is 5.26 Å². The first-order chi connectivity index (χ1) is 13.2. The predicted molar refractivity (Wildman–Crippen MR) is 102 cm³/mol. The summed E-state index contributed by atoms with van der Waals surface area (Å²) in [7, 11) is 0. The Morgan fingerprint density at radius 3 is 2.37 bits per heavy atom. The Morgan fingerprint density at radius 1 is 0.963 bits per heavy atom. The predicted octanol–water partition coefficient (Wildman–Crippen LogP) is 3.81. The number of hydrogen-bond donors (Lipinski definition) is 0. The molecule has 0 saturated heterocycles. The average molecular weight is 353 g/mol. The molecule has 0 spiro atoms. The van der Waals surface area contributed by atoms with E-state index in [-0.39, 0.29) is 12.2 Å². The van der Waals surface area contributed by atoms with Crippen LogP contribution >= 0.6 is 0 Å². The maximum Gasteiger partial charge on any atom is 0.258 e. The third kappa shape index (κ3) is 3.55. The highest BCUT2D eigenvalue weighted by molar-refractivity contribution is 5.64. The highest BCUT2D eigenvalue weighted by Crippen LogP contribution is 2.23. The summed E-state index contributed by atoms with van der Waals surface area (Å²) >= 11 is 0. The number of ether oxygens (including phenoxy) is 1. The molecule has 0 amide bonds. The van der Waals surface area contributed by atoms with Gasteiger partial charge in [-0.05, 0) is 47.5 Å². The van der Waals surface area contributed by atoms with E-state index in [0.717, 1.165) is 11.1 Å². The monoisotopic (exact) mass is 353 g/mol. The van der Waals surface area contributed by atoms with Crippen LogP contribution in [0.25, 0.3) is 16.8 Å². The van der Waals surface area contributed by atoms with Crippen molar-refractivity contribution in [2.45, 2.75) is 6.61 Å². The molecule has 27 heavy (non-hydrogen) atoms. The molecule has 5 heteroatoms. The minimum Gasteiger partial charge on any atom is -0.487 e. The molecule has 5 nitrogen and oxygen atoms in total. The molecule has 0 N–H and O–H groups in total. The van der Waals surface area contributed by atoms with E-state index in [2.05, 4.69) is 11.1 Å². The van der Waals surface area contributed by atoms with Crippen molar-refractivity contribution in [3.63, 3.8) is 0 Å². The summed E-state index contributed by atoms with van der Waals surface area (Å²) in [5.41, 5.74) is 3.76. The highest BCUT2D eigenvalue weighted by atomic mass is 16.5. The smallest absolute Gasteiger partial charge is 0.258 e. The summed E-state index contributed by atoms with van der Waals surface area (Å²) < 4.78 is 7.27. The number of hydrogen-bond acceptors (Lipinski definition) is 4. The molecule has 4 rings (SSSR count). The molecular weight excluding hydrogens is 338 g/mol. The Morgan fingerprint density at radius 2 is 1.67 bits per heavy atom. The Balaban J connectivity index is 1.49. The first kappa shape index (κ1) is 16.6. The number of rotatable bonds is 4. The Bertz CT molecular complexity index is 1190. The van der Waals surface area contributed by atoms with Crippen LogP contribution in [0.15, 0.2) is 83.8 Å². The van der Waals surface area contributed by atoms with Crippen LogP contribution in [0.5, 0.6) is 5.75 Å². The van der Waals surface area contributed by atoms with Crippen LogP contribution in [-0.2, 0) is 6.61 Å². The Kier molecular flexibility index (Phi) is 4.38. The summed E-state index contributed by atoms with van der Waals surface area (Å²) in [5.74, 6) is 0.697. The van der Waals surface area contributed by atoms with Gasteiger partial charge in [0.2, 0.25) is 0 Å². The first-order valence-electron chi connectivity index (χ1n) is 8.44. The fraction of sp³-hybridized carbons (Fsp3) is 0.0455. The van der Waals surface area contributed by atoms with Crippen LogP contribution in [-0.4, -0.2) is 9.38 Å². The van der Waals surface area contributed by atoms with Crippen LogP contribution in [0.2, 0.25) is 0 Å². The molecule has 2 heterocycles. The molecular formula is C22H15N3O2. The summed E-state index contributed by atoms with van der Waals surface area (Å²) in [6.45, 7) is 0.219. The normalized spacial score (nSPS) is 10.5. The quantitative estimate of drug-likeness (QED) is 0.559. The minimum atomic E-state index is -0.129.